The molecular weight excluding hydrogens is 803 g/mol. The van der Waals surface area contributed by atoms with E-state index in [0.29, 0.717) is 12.8 Å². The average molecular weight is 904 g/mol. The zero-order valence-electron chi connectivity index (χ0n) is 41.3. The van der Waals surface area contributed by atoms with Crippen LogP contribution in [0, 0.1) is 0 Å². The van der Waals surface area contributed by atoms with E-state index in [1.807, 2.05) is 0 Å². The molecule has 0 spiro atoms. The Kier molecular flexibility index (Phi) is 42.3. The van der Waals surface area contributed by atoms with Crippen LogP contribution in [0.4, 0.5) is 0 Å². The van der Waals surface area contributed by atoms with Crippen molar-refractivity contribution in [1.29, 1.82) is 0 Å². The summed E-state index contributed by atoms with van der Waals surface area (Å²) in [6, 6.07) is -0.734. The fourth-order valence-corrected chi connectivity index (χ4v) is 8.45. The molecule has 9 nitrogen and oxygen atoms in total. The van der Waals surface area contributed by atoms with Gasteiger partial charge in [0.1, 0.15) is 24.4 Å². The molecule has 374 valence electrons. The van der Waals surface area contributed by atoms with E-state index in [2.05, 4.69) is 67.8 Å². The lowest BCUT2D eigenvalue weighted by atomic mass is 9.99. The minimum atomic E-state index is -1.56. The van der Waals surface area contributed by atoms with Crippen molar-refractivity contribution in [3.05, 3.63) is 48.6 Å². The highest BCUT2D eigenvalue weighted by Gasteiger charge is 2.44. The van der Waals surface area contributed by atoms with Gasteiger partial charge in [0.25, 0.3) is 0 Å². The van der Waals surface area contributed by atoms with Crippen molar-refractivity contribution in [2.24, 2.45) is 0 Å². The summed E-state index contributed by atoms with van der Waals surface area (Å²) in [7, 11) is 0. The molecule has 0 aromatic rings. The Morgan fingerprint density at radius 3 is 1.44 bits per heavy atom. The molecule has 0 bridgehead atoms. The van der Waals surface area contributed by atoms with Crippen molar-refractivity contribution in [2.45, 2.75) is 281 Å². The lowest BCUT2D eigenvalue weighted by molar-refractivity contribution is -0.302. The highest BCUT2D eigenvalue weighted by molar-refractivity contribution is 5.76. The van der Waals surface area contributed by atoms with E-state index in [9.17, 15) is 30.3 Å². The minimum Gasteiger partial charge on any atom is -0.394 e. The SMILES string of the molecule is CC/C=C\C/C=C\C/C=C\C/C=C\CCCCCCC(=O)NC(COC1OC(CO)C(O)C(O)C1O)C(O)CCCCCCCCCCCCCCCCCCCCCCCCCC. The molecule has 1 fully saturated rings. The first kappa shape index (κ1) is 60.2. The third kappa shape index (κ3) is 34.5. The topological polar surface area (TPSA) is 149 Å². The highest BCUT2D eigenvalue weighted by atomic mass is 16.7. The lowest BCUT2D eigenvalue weighted by Crippen LogP contribution is -2.60. The molecule has 1 heterocycles. The molecule has 1 saturated heterocycles. The van der Waals surface area contributed by atoms with Gasteiger partial charge < -0.3 is 40.3 Å². The molecule has 64 heavy (non-hydrogen) atoms. The Morgan fingerprint density at radius 1 is 0.547 bits per heavy atom. The smallest absolute Gasteiger partial charge is 0.220 e. The van der Waals surface area contributed by atoms with E-state index >= 15 is 0 Å². The Morgan fingerprint density at radius 2 is 0.969 bits per heavy atom. The number of allylic oxidation sites excluding steroid dienone is 8. The van der Waals surface area contributed by atoms with Crippen LogP contribution in [0.15, 0.2) is 48.6 Å². The first-order chi connectivity index (χ1) is 31.3. The predicted octanol–water partition coefficient (Wildman–Crippen LogP) is 12.6. The van der Waals surface area contributed by atoms with Crippen molar-refractivity contribution in [2.75, 3.05) is 13.2 Å². The van der Waals surface area contributed by atoms with Crippen LogP contribution in [-0.4, -0.2) is 87.5 Å². The maximum Gasteiger partial charge on any atom is 0.220 e. The fourth-order valence-electron chi connectivity index (χ4n) is 8.45. The van der Waals surface area contributed by atoms with E-state index in [1.54, 1.807) is 0 Å². The summed E-state index contributed by atoms with van der Waals surface area (Å²) in [5, 5.41) is 54.6. The van der Waals surface area contributed by atoms with Crippen molar-refractivity contribution < 1.29 is 39.8 Å². The summed E-state index contributed by atoms with van der Waals surface area (Å²) in [5.41, 5.74) is 0. The van der Waals surface area contributed by atoms with E-state index in [1.165, 1.54) is 135 Å². The van der Waals surface area contributed by atoms with Gasteiger partial charge in [0.15, 0.2) is 6.29 Å². The molecule has 9 heteroatoms. The molecule has 0 radical (unpaired) electrons. The van der Waals surface area contributed by atoms with Crippen LogP contribution in [0.1, 0.15) is 239 Å². The quantitative estimate of drug-likeness (QED) is 0.0261. The maximum atomic E-state index is 13.0. The number of ether oxygens (including phenoxy) is 2. The summed E-state index contributed by atoms with van der Waals surface area (Å²) in [5.74, 6) is -0.167. The van der Waals surface area contributed by atoms with Crippen LogP contribution < -0.4 is 5.32 Å². The second-order valence-corrected chi connectivity index (χ2v) is 18.6. The Hall–Kier alpha value is -1.85. The first-order valence-electron chi connectivity index (χ1n) is 26.8. The second kappa shape index (κ2) is 45.0. The number of hydrogen-bond acceptors (Lipinski definition) is 8. The van der Waals surface area contributed by atoms with Gasteiger partial charge in [-0.1, -0.05) is 229 Å². The number of aliphatic hydroxyl groups is 5. The molecule has 7 unspecified atom stereocenters. The second-order valence-electron chi connectivity index (χ2n) is 18.6. The van der Waals surface area contributed by atoms with Gasteiger partial charge in [0.2, 0.25) is 5.91 Å². The number of hydrogen-bond donors (Lipinski definition) is 6. The van der Waals surface area contributed by atoms with Crippen LogP contribution >= 0.6 is 0 Å². The summed E-state index contributed by atoms with van der Waals surface area (Å²) < 4.78 is 11.3. The average Bonchev–Trinajstić information content (AvgIpc) is 3.29. The molecule has 1 amide bonds. The maximum absolute atomic E-state index is 13.0. The van der Waals surface area contributed by atoms with Gasteiger partial charge in [-0.2, -0.15) is 0 Å². The summed E-state index contributed by atoms with van der Waals surface area (Å²) in [6.07, 6.45) is 51.3. The Labute approximate surface area is 393 Å². The van der Waals surface area contributed by atoms with Gasteiger partial charge in [0.05, 0.1) is 25.4 Å². The van der Waals surface area contributed by atoms with Gasteiger partial charge in [-0.25, -0.2) is 0 Å². The largest absolute Gasteiger partial charge is 0.394 e. The van der Waals surface area contributed by atoms with Crippen LogP contribution in [0.3, 0.4) is 0 Å². The van der Waals surface area contributed by atoms with E-state index in [4.69, 9.17) is 9.47 Å². The van der Waals surface area contributed by atoms with Gasteiger partial charge >= 0.3 is 0 Å². The van der Waals surface area contributed by atoms with Crippen LogP contribution in [0.5, 0.6) is 0 Å². The Bertz CT molecular complexity index is 1140. The van der Waals surface area contributed by atoms with Gasteiger partial charge in [-0.3, -0.25) is 4.79 Å². The van der Waals surface area contributed by atoms with Crippen molar-refractivity contribution in [1.82, 2.24) is 5.32 Å². The molecular formula is C55H101NO8. The minimum absolute atomic E-state index is 0.149. The van der Waals surface area contributed by atoms with Crippen molar-refractivity contribution in [3.8, 4) is 0 Å². The molecule has 0 aromatic heterocycles. The summed E-state index contributed by atoms with van der Waals surface area (Å²) in [6.45, 7) is 3.72. The fraction of sp³-hybridized carbons (Fsp3) is 0.836. The van der Waals surface area contributed by atoms with Crippen LogP contribution in [-0.2, 0) is 14.3 Å². The third-order valence-electron chi connectivity index (χ3n) is 12.7. The van der Waals surface area contributed by atoms with Gasteiger partial charge in [-0.05, 0) is 51.4 Å². The number of aliphatic hydroxyl groups excluding tert-OH is 5. The van der Waals surface area contributed by atoms with Gasteiger partial charge in [0, 0.05) is 6.42 Å². The zero-order chi connectivity index (χ0) is 46.6. The van der Waals surface area contributed by atoms with Crippen LogP contribution in [0.25, 0.3) is 0 Å². The number of rotatable bonds is 45. The number of carbonyl (C=O) groups is 1. The summed E-state index contributed by atoms with van der Waals surface area (Å²) >= 11 is 0. The third-order valence-corrected chi connectivity index (χ3v) is 12.7. The standard InChI is InChI=1S/C55H101NO8/c1-3-5-7-9-11-13-15-17-19-21-22-23-24-25-26-27-29-30-32-34-36-38-40-42-44-49(58)48(47-63-55-54(62)53(61)52(60)50(46-57)64-55)56-51(59)45-43-41-39-37-35-33-31-28-20-18-16-14-12-10-8-6-4-2/h6,8,12,14,18,20,31,33,48-50,52-55,57-58,60-62H,3-5,7,9-11,13,15-17,19,21-30,32,34-47H2,1-2H3,(H,56,59)/b8-6-,14-12-,20-18-,33-31-. The van der Waals surface area contributed by atoms with E-state index in [0.717, 1.165) is 77.0 Å². The number of carbonyl (C=O) groups excluding carboxylic acids is 1. The molecule has 0 saturated carbocycles. The van der Waals surface area contributed by atoms with Crippen molar-refractivity contribution >= 4 is 5.91 Å². The molecule has 0 aliphatic carbocycles. The Balaban J connectivity index is 2.25. The highest BCUT2D eigenvalue weighted by Crippen LogP contribution is 2.23. The molecule has 1 aliphatic heterocycles. The predicted molar refractivity (Wildman–Crippen MR) is 267 cm³/mol. The molecule has 1 rings (SSSR count). The van der Waals surface area contributed by atoms with Crippen LogP contribution in [0.2, 0.25) is 0 Å². The number of nitrogens with one attached hydrogen (secondary N) is 1. The van der Waals surface area contributed by atoms with Gasteiger partial charge in [-0.15, -0.1) is 0 Å². The number of amides is 1. The lowest BCUT2D eigenvalue weighted by Gasteiger charge is -2.40. The van der Waals surface area contributed by atoms with E-state index < -0.39 is 49.5 Å². The first-order valence-corrected chi connectivity index (χ1v) is 26.8. The van der Waals surface area contributed by atoms with E-state index in [-0.39, 0.29) is 12.5 Å². The zero-order valence-corrected chi connectivity index (χ0v) is 41.3. The molecule has 6 N–H and O–H groups in total. The molecule has 1 aliphatic rings. The monoisotopic (exact) mass is 904 g/mol. The molecule has 0 aromatic carbocycles. The van der Waals surface area contributed by atoms with Crippen molar-refractivity contribution in [3.63, 3.8) is 0 Å². The summed E-state index contributed by atoms with van der Waals surface area (Å²) in [4.78, 5) is 13.0. The number of unbranched alkanes of at least 4 members (excludes halogenated alkanes) is 27. The molecule has 7 atom stereocenters. The normalized spacial score (nSPS) is 20.4.